The van der Waals surface area contributed by atoms with Crippen LogP contribution in [0.2, 0.25) is 0 Å². The van der Waals surface area contributed by atoms with Gasteiger partial charge in [0.1, 0.15) is 17.9 Å². The fourth-order valence-corrected chi connectivity index (χ4v) is 5.30. The van der Waals surface area contributed by atoms with Crippen molar-refractivity contribution in [3.05, 3.63) is 71.9 Å². The molecule has 0 saturated carbocycles. The molecule has 0 radical (unpaired) electrons. The summed E-state index contributed by atoms with van der Waals surface area (Å²) in [4.78, 5) is 9.04. The van der Waals surface area contributed by atoms with E-state index in [4.69, 9.17) is 4.74 Å². The molecule has 3 aromatic rings. The van der Waals surface area contributed by atoms with Gasteiger partial charge in [-0.3, -0.25) is 0 Å². The van der Waals surface area contributed by atoms with Crippen LogP contribution in [0, 0.1) is 17.2 Å². The highest BCUT2D eigenvalue weighted by atomic mass is 28.1. The molecule has 4 atom stereocenters. The van der Waals surface area contributed by atoms with Gasteiger partial charge in [0.05, 0.1) is 17.4 Å². The summed E-state index contributed by atoms with van der Waals surface area (Å²) >= 11 is 0. The van der Waals surface area contributed by atoms with Crippen LogP contribution in [0.25, 0.3) is 11.3 Å². The fourth-order valence-electron chi connectivity index (χ4n) is 4.36. The third-order valence-corrected chi connectivity index (χ3v) is 7.52. The van der Waals surface area contributed by atoms with Gasteiger partial charge in [-0.25, -0.2) is 9.97 Å². The SMILES string of the molecule is CNCC[C@@H](Oc1ccc(-c2ccnc(NC([SiH3])[C@H]3CNC[C@@H]3O)n2)cc1C#N)c1ccccc1. The number of nitriles is 1. The third kappa shape index (κ3) is 6.23. The van der Waals surface area contributed by atoms with Crippen molar-refractivity contribution < 1.29 is 9.84 Å². The lowest BCUT2D eigenvalue weighted by Crippen LogP contribution is -2.37. The van der Waals surface area contributed by atoms with E-state index in [1.54, 1.807) is 6.20 Å². The first kappa shape index (κ1) is 24.8. The molecule has 1 saturated heterocycles. The maximum atomic E-state index is 10.2. The molecule has 0 aliphatic carbocycles. The number of aliphatic hydroxyl groups excluding tert-OH is 1. The second-order valence-electron chi connectivity index (χ2n) is 8.82. The van der Waals surface area contributed by atoms with Gasteiger partial charge in [-0.05, 0) is 43.4 Å². The molecule has 9 heteroatoms. The zero-order valence-electron chi connectivity index (χ0n) is 20.1. The van der Waals surface area contributed by atoms with Crippen molar-refractivity contribution in [2.24, 2.45) is 5.92 Å². The highest BCUT2D eigenvalue weighted by molar-refractivity contribution is 6.13. The second kappa shape index (κ2) is 11.9. The Bertz CT molecular complexity index is 1160. The van der Waals surface area contributed by atoms with Crippen LogP contribution in [0.3, 0.4) is 0 Å². The smallest absolute Gasteiger partial charge is 0.223 e. The highest BCUT2D eigenvalue weighted by Gasteiger charge is 2.30. The topological polar surface area (TPSA) is 115 Å². The van der Waals surface area contributed by atoms with E-state index >= 15 is 0 Å². The Morgan fingerprint density at radius 1 is 1.23 bits per heavy atom. The Labute approximate surface area is 209 Å². The molecule has 4 rings (SSSR count). The van der Waals surface area contributed by atoms with Crippen molar-refractivity contribution in [3.8, 4) is 23.1 Å². The lowest BCUT2D eigenvalue weighted by Gasteiger charge is -2.23. The molecular formula is C26H32N6O2Si. The van der Waals surface area contributed by atoms with Crippen molar-refractivity contribution in [2.75, 3.05) is 32.0 Å². The van der Waals surface area contributed by atoms with Crippen LogP contribution in [0.4, 0.5) is 5.95 Å². The molecule has 1 fully saturated rings. The molecule has 1 aromatic heterocycles. The molecule has 0 spiro atoms. The van der Waals surface area contributed by atoms with E-state index in [-0.39, 0.29) is 23.8 Å². The highest BCUT2D eigenvalue weighted by Crippen LogP contribution is 2.30. The van der Waals surface area contributed by atoms with Crippen LogP contribution < -0.4 is 20.7 Å². The van der Waals surface area contributed by atoms with Gasteiger partial charge < -0.3 is 25.8 Å². The molecule has 1 aliphatic rings. The minimum Gasteiger partial charge on any atom is -0.484 e. The van der Waals surface area contributed by atoms with Crippen LogP contribution >= 0.6 is 0 Å². The second-order valence-corrected chi connectivity index (χ2v) is 10.1. The number of benzene rings is 2. The molecule has 35 heavy (non-hydrogen) atoms. The molecule has 0 bridgehead atoms. The molecule has 2 aromatic carbocycles. The number of aliphatic hydroxyl groups is 1. The van der Waals surface area contributed by atoms with Crippen molar-refractivity contribution in [1.29, 1.82) is 5.26 Å². The third-order valence-electron chi connectivity index (χ3n) is 6.38. The van der Waals surface area contributed by atoms with E-state index in [0.29, 0.717) is 23.8 Å². The molecular weight excluding hydrogens is 456 g/mol. The van der Waals surface area contributed by atoms with Crippen LogP contribution in [0.1, 0.15) is 23.7 Å². The van der Waals surface area contributed by atoms with Crippen LogP contribution in [0.15, 0.2) is 60.8 Å². The Kier molecular flexibility index (Phi) is 8.44. The molecule has 8 nitrogen and oxygen atoms in total. The number of nitrogens with one attached hydrogen (secondary N) is 3. The summed E-state index contributed by atoms with van der Waals surface area (Å²) in [5, 5.41) is 29.8. The fraction of sp³-hybridized carbons (Fsp3) is 0.346. The maximum Gasteiger partial charge on any atom is 0.223 e. The van der Waals surface area contributed by atoms with E-state index in [0.717, 1.165) is 46.6 Å². The summed E-state index contributed by atoms with van der Waals surface area (Å²) in [6, 6.07) is 19.7. The van der Waals surface area contributed by atoms with Crippen LogP contribution in [0.5, 0.6) is 5.75 Å². The zero-order chi connectivity index (χ0) is 24.6. The number of rotatable bonds is 10. The minimum absolute atomic E-state index is 0.147. The number of ether oxygens (including phenoxy) is 1. The minimum atomic E-state index is -0.355. The van der Waals surface area contributed by atoms with Crippen molar-refractivity contribution in [2.45, 2.75) is 24.3 Å². The first-order valence-electron chi connectivity index (χ1n) is 12.0. The quantitative estimate of drug-likeness (QED) is 0.317. The molecule has 0 amide bonds. The number of anilines is 1. The van der Waals surface area contributed by atoms with Gasteiger partial charge in [0.2, 0.25) is 5.95 Å². The van der Waals surface area contributed by atoms with Crippen molar-refractivity contribution in [3.63, 3.8) is 0 Å². The largest absolute Gasteiger partial charge is 0.484 e. The van der Waals surface area contributed by atoms with Gasteiger partial charge in [0.25, 0.3) is 0 Å². The van der Waals surface area contributed by atoms with E-state index in [1.165, 1.54) is 0 Å². The predicted molar refractivity (Wildman–Crippen MR) is 140 cm³/mol. The van der Waals surface area contributed by atoms with E-state index in [2.05, 4.69) is 32.0 Å². The Morgan fingerprint density at radius 2 is 2.06 bits per heavy atom. The first-order valence-corrected chi connectivity index (χ1v) is 13.1. The van der Waals surface area contributed by atoms with E-state index in [1.807, 2.05) is 61.6 Å². The van der Waals surface area contributed by atoms with Crippen molar-refractivity contribution in [1.82, 2.24) is 20.6 Å². The van der Waals surface area contributed by atoms with Crippen molar-refractivity contribution >= 4 is 16.2 Å². The summed E-state index contributed by atoms with van der Waals surface area (Å²) in [6.45, 7) is 2.20. The molecule has 4 N–H and O–H groups in total. The molecule has 2 heterocycles. The Balaban J connectivity index is 1.53. The van der Waals surface area contributed by atoms with Gasteiger partial charge in [-0.1, -0.05) is 30.3 Å². The summed E-state index contributed by atoms with van der Waals surface area (Å²) < 4.78 is 6.33. The van der Waals surface area contributed by atoms with Crippen LogP contribution in [-0.2, 0) is 0 Å². The summed E-state index contributed by atoms with van der Waals surface area (Å²) in [5.74, 6) is 1.23. The Hall–Kier alpha value is -3.29. The molecule has 182 valence electrons. The van der Waals surface area contributed by atoms with Gasteiger partial charge in [-0.2, -0.15) is 5.26 Å². The number of hydrogen-bond acceptors (Lipinski definition) is 8. The van der Waals surface area contributed by atoms with Gasteiger partial charge >= 0.3 is 0 Å². The van der Waals surface area contributed by atoms with Gasteiger partial charge in [-0.15, -0.1) is 0 Å². The summed E-state index contributed by atoms with van der Waals surface area (Å²) in [6.07, 6.45) is 1.97. The van der Waals surface area contributed by atoms with Crippen LogP contribution in [-0.4, -0.2) is 63.8 Å². The summed E-state index contributed by atoms with van der Waals surface area (Å²) in [5.41, 5.74) is 3.22. The maximum absolute atomic E-state index is 10.2. The normalized spacial score (nSPS) is 19.1. The molecule has 1 aliphatic heterocycles. The number of β-amino-alcohol motifs (C(OH)–C–C–N with tert-alkyl or cyclic N) is 1. The monoisotopic (exact) mass is 488 g/mol. The van der Waals surface area contributed by atoms with Gasteiger partial charge in [0, 0.05) is 53.1 Å². The lowest BCUT2D eigenvalue weighted by molar-refractivity contribution is 0.148. The predicted octanol–water partition coefficient (Wildman–Crippen LogP) is 1.43. The van der Waals surface area contributed by atoms with E-state index in [9.17, 15) is 10.4 Å². The average molecular weight is 489 g/mol. The van der Waals surface area contributed by atoms with Gasteiger partial charge in [0.15, 0.2) is 0 Å². The standard InChI is InChI=1S/C26H32N6O2Si/c1-28-11-10-24(17-5-3-2-4-6-17)34-23-8-7-18(13-19(23)14-27)21-9-12-30-26(31-21)32-25(35)20-15-29-16-22(20)33/h2-9,12-13,20,22,24-25,28-29,33H,10-11,15-16H2,1,35H3,(H,30,31,32)/t20-,22-,24+,25?/m0/s1. The lowest BCUT2D eigenvalue weighted by atomic mass is 10.0. The average Bonchev–Trinajstić information content (AvgIpc) is 3.33. The first-order chi connectivity index (χ1) is 17.1. The zero-order valence-corrected chi connectivity index (χ0v) is 22.1. The summed E-state index contributed by atoms with van der Waals surface area (Å²) in [7, 11) is 2.77. The number of hydrogen-bond donors (Lipinski definition) is 4. The van der Waals surface area contributed by atoms with E-state index < -0.39 is 0 Å². The number of nitrogens with zero attached hydrogens (tertiary/aromatic N) is 3. The Morgan fingerprint density at radius 3 is 2.77 bits per heavy atom. The number of aromatic nitrogens is 2. The molecule has 1 unspecified atom stereocenters.